The lowest BCUT2D eigenvalue weighted by Gasteiger charge is -2.12. The van der Waals surface area contributed by atoms with Gasteiger partial charge in [-0.3, -0.25) is 5.01 Å². The van der Waals surface area contributed by atoms with Crippen molar-refractivity contribution in [2.75, 3.05) is 7.05 Å². The predicted molar refractivity (Wildman–Crippen MR) is 55.3 cm³/mol. The van der Waals surface area contributed by atoms with E-state index in [1.165, 1.54) is 0 Å². The number of hydrazone groups is 1. The second-order valence-electron chi connectivity index (χ2n) is 2.45. The summed E-state index contributed by atoms with van der Waals surface area (Å²) in [6.45, 7) is 5.70. The minimum Gasteiger partial charge on any atom is -0.272 e. The Kier molecular flexibility index (Phi) is 5.47. The van der Waals surface area contributed by atoms with Crippen LogP contribution in [-0.4, -0.2) is 17.2 Å². The molecule has 0 aromatic rings. The van der Waals surface area contributed by atoms with Crippen molar-refractivity contribution in [1.82, 2.24) is 5.01 Å². The lowest BCUT2D eigenvalue weighted by molar-refractivity contribution is 0.448. The van der Waals surface area contributed by atoms with E-state index in [-0.39, 0.29) is 0 Å². The van der Waals surface area contributed by atoms with E-state index in [0.717, 1.165) is 5.70 Å². The number of halogens is 1. The Hall–Kier alpha value is -0.760. The van der Waals surface area contributed by atoms with Crippen LogP contribution in [0.4, 0.5) is 0 Å². The quantitative estimate of drug-likeness (QED) is 0.376. The molecule has 0 aliphatic rings. The summed E-state index contributed by atoms with van der Waals surface area (Å²) >= 11 is 5.61. The third-order valence-corrected chi connectivity index (χ3v) is 1.40. The van der Waals surface area contributed by atoms with E-state index in [1.54, 1.807) is 11.9 Å². The third kappa shape index (κ3) is 4.97. The van der Waals surface area contributed by atoms with Crippen LogP contribution in [0.2, 0.25) is 0 Å². The van der Waals surface area contributed by atoms with Gasteiger partial charge in [-0.15, -0.1) is 0 Å². The molecule has 0 heterocycles. The smallest absolute Gasteiger partial charge is 0.123 e. The molecule has 12 heavy (non-hydrogen) atoms. The molecule has 0 radical (unpaired) electrons. The van der Waals surface area contributed by atoms with E-state index in [9.17, 15) is 0 Å². The van der Waals surface area contributed by atoms with Crippen molar-refractivity contribution in [2.24, 2.45) is 5.10 Å². The molecule has 0 N–H and O–H groups in total. The Balaban J connectivity index is 4.28. The largest absolute Gasteiger partial charge is 0.272 e. The van der Waals surface area contributed by atoms with Gasteiger partial charge in [0.1, 0.15) is 5.17 Å². The zero-order chi connectivity index (χ0) is 9.56. The van der Waals surface area contributed by atoms with Gasteiger partial charge >= 0.3 is 0 Å². The van der Waals surface area contributed by atoms with E-state index in [2.05, 4.69) is 5.10 Å². The molecule has 0 bridgehead atoms. The summed E-state index contributed by atoms with van der Waals surface area (Å²) in [6, 6.07) is 0. The Morgan fingerprint density at radius 3 is 2.42 bits per heavy atom. The molecule has 0 amide bonds. The molecule has 0 atom stereocenters. The summed E-state index contributed by atoms with van der Waals surface area (Å²) in [5.74, 6) is 0. The highest BCUT2D eigenvalue weighted by Gasteiger charge is 1.93. The topological polar surface area (TPSA) is 15.6 Å². The average molecular weight is 187 g/mol. The molecular formula is C9H15ClN2. The van der Waals surface area contributed by atoms with Crippen LogP contribution in [-0.2, 0) is 0 Å². The van der Waals surface area contributed by atoms with E-state index in [0.29, 0.717) is 5.17 Å². The minimum atomic E-state index is 0.533. The van der Waals surface area contributed by atoms with E-state index >= 15 is 0 Å². The molecule has 0 aromatic heterocycles. The molecule has 0 unspecified atom stereocenters. The third-order valence-electron chi connectivity index (χ3n) is 1.33. The molecule has 0 aliphatic carbocycles. The van der Waals surface area contributed by atoms with Crippen LogP contribution in [0.25, 0.3) is 0 Å². The summed E-state index contributed by atoms with van der Waals surface area (Å²) in [6.07, 6.45) is 5.91. The number of nitrogens with zero attached hydrogens (tertiary/aromatic N) is 2. The van der Waals surface area contributed by atoms with Crippen LogP contribution >= 0.6 is 11.6 Å². The number of hydrogen-bond acceptors (Lipinski definition) is 2. The molecule has 0 aliphatic heterocycles. The number of hydrogen-bond donors (Lipinski definition) is 0. The maximum Gasteiger partial charge on any atom is 0.123 e. The first-order chi connectivity index (χ1) is 5.57. The van der Waals surface area contributed by atoms with Gasteiger partial charge in [0.15, 0.2) is 0 Å². The first kappa shape index (κ1) is 11.2. The van der Waals surface area contributed by atoms with Gasteiger partial charge in [-0.05, 0) is 26.8 Å². The van der Waals surface area contributed by atoms with Gasteiger partial charge in [0, 0.05) is 12.7 Å². The van der Waals surface area contributed by atoms with Gasteiger partial charge in [-0.2, -0.15) is 5.10 Å². The van der Waals surface area contributed by atoms with Crippen LogP contribution in [0.5, 0.6) is 0 Å². The summed E-state index contributed by atoms with van der Waals surface area (Å²) in [5, 5.41) is 6.31. The highest BCUT2D eigenvalue weighted by molar-refractivity contribution is 6.64. The zero-order valence-corrected chi connectivity index (χ0v) is 8.76. The highest BCUT2D eigenvalue weighted by atomic mass is 35.5. The van der Waals surface area contributed by atoms with Crippen LogP contribution in [0, 0.1) is 0 Å². The maximum atomic E-state index is 5.61. The van der Waals surface area contributed by atoms with Gasteiger partial charge in [0.25, 0.3) is 0 Å². The van der Waals surface area contributed by atoms with Crippen molar-refractivity contribution in [2.45, 2.75) is 20.8 Å². The average Bonchev–Trinajstić information content (AvgIpc) is 1.98. The molecule has 0 saturated carbocycles. The summed E-state index contributed by atoms with van der Waals surface area (Å²) in [5.41, 5.74) is 1.05. The van der Waals surface area contributed by atoms with Crippen molar-refractivity contribution in [3.05, 3.63) is 23.9 Å². The van der Waals surface area contributed by atoms with E-state index < -0.39 is 0 Å². The molecule has 3 heteroatoms. The Morgan fingerprint density at radius 1 is 1.42 bits per heavy atom. The fourth-order valence-electron chi connectivity index (χ4n) is 0.629. The summed E-state index contributed by atoms with van der Waals surface area (Å²) < 4.78 is 0. The van der Waals surface area contributed by atoms with Crippen LogP contribution in [0.1, 0.15) is 20.8 Å². The number of rotatable bonds is 3. The Bertz CT molecular complexity index is 213. The SMILES string of the molecule is CC=CC=C(C)N(C)N=C(C)Cl. The fourth-order valence-corrected chi connectivity index (χ4v) is 0.742. The minimum absolute atomic E-state index is 0.533. The van der Waals surface area contributed by atoms with Crippen molar-refractivity contribution < 1.29 is 0 Å². The normalized spacial score (nSPS) is 14.1. The van der Waals surface area contributed by atoms with E-state index in [1.807, 2.05) is 39.1 Å². The molecule has 2 nitrogen and oxygen atoms in total. The van der Waals surface area contributed by atoms with Crippen molar-refractivity contribution in [3.8, 4) is 0 Å². The van der Waals surface area contributed by atoms with E-state index in [4.69, 9.17) is 11.6 Å². The Labute approximate surface area is 79.2 Å². The second kappa shape index (κ2) is 5.84. The first-order valence-corrected chi connectivity index (χ1v) is 4.19. The summed E-state index contributed by atoms with van der Waals surface area (Å²) in [4.78, 5) is 0. The molecule has 0 aromatic carbocycles. The van der Waals surface area contributed by atoms with Crippen LogP contribution in [0.3, 0.4) is 0 Å². The van der Waals surface area contributed by atoms with Gasteiger partial charge in [-0.25, -0.2) is 0 Å². The van der Waals surface area contributed by atoms with Crippen molar-refractivity contribution in [1.29, 1.82) is 0 Å². The second-order valence-corrected chi connectivity index (χ2v) is 3.00. The summed E-state index contributed by atoms with van der Waals surface area (Å²) in [7, 11) is 1.86. The maximum absolute atomic E-state index is 5.61. The van der Waals surface area contributed by atoms with Crippen molar-refractivity contribution in [3.63, 3.8) is 0 Å². The lowest BCUT2D eigenvalue weighted by atomic mass is 10.4. The van der Waals surface area contributed by atoms with Gasteiger partial charge in [0.05, 0.1) is 0 Å². The lowest BCUT2D eigenvalue weighted by Crippen LogP contribution is -2.08. The van der Waals surface area contributed by atoms with Gasteiger partial charge in [0.2, 0.25) is 0 Å². The zero-order valence-electron chi connectivity index (χ0n) is 8.00. The predicted octanol–water partition coefficient (Wildman–Crippen LogP) is 2.97. The molecule has 0 fully saturated rings. The molecule has 0 rings (SSSR count). The fraction of sp³-hybridized carbons (Fsp3) is 0.444. The molecule has 0 spiro atoms. The number of allylic oxidation sites excluding steroid dienone is 4. The van der Waals surface area contributed by atoms with Crippen LogP contribution in [0.15, 0.2) is 29.0 Å². The monoisotopic (exact) mass is 186 g/mol. The van der Waals surface area contributed by atoms with Gasteiger partial charge < -0.3 is 0 Å². The highest BCUT2D eigenvalue weighted by Crippen LogP contribution is 2.02. The Morgan fingerprint density at radius 2 is 2.00 bits per heavy atom. The molecule has 0 saturated heterocycles. The first-order valence-electron chi connectivity index (χ1n) is 3.82. The van der Waals surface area contributed by atoms with Gasteiger partial charge in [-0.1, -0.05) is 23.8 Å². The van der Waals surface area contributed by atoms with Crippen molar-refractivity contribution >= 4 is 16.8 Å². The molecular weight excluding hydrogens is 172 g/mol. The molecule has 68 valence electrons. The van der Waals surface area contributed by atoms with Crippen LogP contribution < -0.4 is 0 Å². The standard InChI is InChI=1S/C9H15ClN2/c1-5-6-7-8(2)12(4)11-9(3)10/h5-7H,1-4H3.